The van der Waals surface area contributed by atoms with Crippen molar-refractivity contribution in [2.24, 2.45) is 11.1 Å². The fourth-order valence-corrected chi connectivity index (χ4v) is 2.69. The highest BCUT2D eigenvalue weighted by molar-refractivity contribution is 6.42. The number of likely N-dealkylation sites (tertiary alicyclic amines) is 1. The Hall–Kier alpha value is -0.770. The Morgan fingerprint density at radius 2 is 2.22 bits per heavy atom. The number of nitrogens with zero attached hydrogens (tertiary/aromatic N) is 2. The fraction of sp³-hybridized carbons (Fsp3) is 0.462. The van der Waals surface area contributed by atoms with Crippen LogP contribution in [0.4, 0.5) is 0 Å². The highest BCUT2D eigenvalue weighted by Gasteiger charge is 2.23. The van der Waals surface area contributed by atoms with Gasteiger partial charge in [0.15, 0.2) is 0 Å². The van der Waals surface area contributed by atoms with E-state index in [1.54, 1.807) is 6.07 Å². The maximum Gasteiger partial charge on any atom is 0.0637 e. The molecule has 0 bridgehead atoms. The summed E-state index contributed by atoms with van der Waals surface area (Å²) >= 11 is 12.2. The van der Waals surface area contributed by atoms with Gasteiger partial charge in [-0.05, 0) is 11.6 Å². The molecule has 3 nitrogen and oxygen atoms in total. The molecular formula is C13H16Cl2N2O. The molecule has 1 aromatic carbocycles. The lowest BCUT2D eigenvalue weighted by Gasteiger charge is -2.31. The maximum absolute atomic E-state index is 8.85. The molecule has 0 saturated carbocycles. The number of hydrogen-bond donors (Lipinski definition) is 1. The van der Waals surface area contributed by atoms with Crippen LogP contribution in [0.15, 0.2) is 23.4 Å². The second-order valence-corrected chi connectivity index (χ2v) is 5.48. The molecule has 1 unspecified atom stereocenters. The van der Waals surface area contributed by atoms with Crippen molar-refractivity contribution in [2.75, 3.05) is 13.1 Å². The van der Waals surface area contributed by atoms with Gasteiger partial charge < -0.3 is 5.21 Å². The monoisotopic (exact) mass is 286 g/mol. The lowest BCUT2D eigenvalue weighted by atomic mass is 9.97. The number of hydrogen-bond acceptors (Lipinski definition) is 3. The first-order valence-electron chi connectivity index (χ1n) is 5.98. The van der Waals surface area contributed by atoms with Crippen LogP contribution in [-0.2, 0) is 6.54 Å². The molecule has 1 aliphatic rings. The normalized spacial score (nSPS) is 23.5. The van der Waals surface area contributed by atoms with Crippen molar-refractivity contribution in [3.8, 4) is 0 Å². The van der Waals surface area contributed by atoms with Crippen molar-refractivity contribution in [3.05, 3.63) is 33.8 Å². The molecule has 0 aromatic heterocycles. The van der Waals surface area contributed by atoms with Gasteiger partial charge in [-0.2, -0.15) is 0 Å². The molecule has 1 N–H and O–H groups in total. The quantitative estimate of drug-likeness (QED) is 0.665. The molecule has 2 rings (SSSR count). The van der Waals surface area contributed by atoms with Crippen molar-refractivity contribution in [1.82, 2.24) is 4.90 Å². The Bertz CT molecular complexity index is 462. The molecule has 0 aliphatic carbocycles. The van der Waals surface area contributed by atoms with E-state index >= 15 is 0 Å². The summed E-state index contributed by atoms with van der Waals surface area (Å²) in [5.41, 5.74) is 1.92. The zero-order chi connectivity index (χ0) is 13.1. The van der Waals surface area contributed by atoms with Gasteiger partial charge in [-0.25, -0.2) is 0 Å². The van der Waals surface area contributed by atoms with Gasteiger partial charge in [-0.1, -0.05) is 47.4 Å². The van der Waals surface area contributed by atoms with E-state index in [1.807, 2.05) is 12.1 Å². The fourth-order valence-electron chi connectivity index (χ4n) is 2.31. The lowest BCUT2D eigenvalue weighted by molar-refractivity contribution is 0.228. The molecule has 5 heteroatoms. The topological polar surface area (TPSA) is 35.8 Å². The predicted octanol–water partition coefficient (Wildman–Crippen LogP) is 3.67. The largest absolute Gasteiger partial charge is 0.411 e. The minimum absolute atomic E-state index is 0.279. The van der Waals surface area contributed by atoms with Crippen LogP contribution in [0.3, 0.4) is 0 Å². The highest BCUT2D eigenvalue weighted by atomic mass is 35.5. The molecule has 18 heavy (non-hydrogen) atoms. The predicted molar refractivity (Wildman–Crippen MR) is 74.7 cm³/mol. The Labute approximate surface area is 117 Å². The first kappa shape index (κ1) is 13.7. The third-order valence-electron chi connectivity index (χ3n) is 3.34. The summed E-state index contributed by atoms with van der Waals surface area (Å²) in [6.45, 7) is 4.61. The molecule has 0 amide bonds. The van der Waals surface area contributed by atoms with Crippen LogP contribution in [-0.4, -0.2) is 28.9 Å². The Morgan fingerprint density at radius 1 is 1.44 bits per heavy atom. The number of halogens is 2. The van der Waals surface area contributed by atoms with Crippen LogP contribution in [0, 0.1) is 5.92 Å². The molecule has 1 aromatic rings. The van der Waals surface area contributed by atoms with Crippen LogP contribution >= 0.6 is 23.2 Å². The average Bonchev–Trinajstić information content (AvgIpc) is 2.35. The molecule has 0 radical (unpaired) electrons. The van der Waals surface area contributed by atoms with Crippen LogP contribution in [0.1, 0.15) is 18.9 Å². The van der Waals surface area contributed by atoms with Crippen molar-refractivity contribution in [2.45, 2.75) is 19.9 Å². The van der Waals surface area contributed by atoms with Crippen LogP contribution in [0.25, 0.3) is 0 Å². The van der Waals surface area contributed by atoms with Crippen molar-refractivity contribution in [3.63, 3.8) is 0 Å². The van der Waals surface area contributed by atoms with Gasteiger partial charge in [0.05, 0.1) is 15.8 Å². The van der Waals surface area contributed by atoms with E-state index in [-0.39, 0.29) is 5.92 Å². The summed E-state index contributed by atoms with van der Waals surface area (Å²) < 4.78 is 0. The van der Waals surface area contributed by atoms with Gasteiger partial charge in [0.2, 0.25) is 0 Å². The van der Waals surface area contributed by atoms with E-state index in [0.717, 1.165) is 37.3 Å². The highest BCUT2D eigenvalue weighted by Crippen LogP contribution is 2.27. The van der Waals surface area contributed by atoms with E-state index < -0.39 is 0 Å². The van der Waals surface area contributed by atoms with Gasteiger partial charge in [-0.15, -0.1) is 0 Å². The van der Waals surface area contributed by atoms with Crippen LogP contribution in [0.5, 0.6) is 0 Å². The number of rotatable bonds is 2. The standard InChI is InChI=1S/C13H16Cl2N2O/c1-9-7-17(6-5-12(9)16-18)8-10-3-2-4-11(14)13(10)15/h2-4,9,18H,5-8H2,1H3/b16-12+. The second kappa shape index (κ2) is 5.91. The summed E-state index contributed by atoms with van der Waals surface area (Å²) in [6.07, 6.45) is 0.801. The molecule has 1 heterocycles. The number of oxime groups is 1. The van der Waals surface area contributed by atoms with Gasteiger partial charge >= 0.3 is 0 Å². The SMILES string of the molecule is CC1CN(Cc2cccc(Cl)c2Cl)CC/C1=N\O. The maximum atomic E-state index is 8.85. The molecule has 1 saturated heterocycles. The number of benzene rings is 1. The molecule has 1 atom stereocenters. The average molecular weight is 287 g/mol. The molecule has 0 spiro atoms. The summed E-state index contributed by atoms with van der Waals surface area (Å²) in [4.78, 5) is 2.30. The third kappa shape index (κ3) is 2.97. The van der Waals surface area contributed by atoms with Crippen LogP contribution < -0.4 is 0 Å². The Balaban J connectivity index is 2.05. The summed E-state index contributed by atoms with van der Waals surface area (Å²) in [5, 5.41) is 13.4. The van der Waals surface area contributed by atoms with E-state index in [9.17, 15) is 0 Å². The number of piperidine rings is 1. The molecule has 1 aliphatic heterocycles. The van der Waals surface area contributed by atoms with Crippen molar-refractivity contribution < 1.29 is 5.21 Å². The zero-order valence-corrected chi connectivity index (χ0v) is 11.7. The van der Waals surface area contributed by atoms with E-state index in [2.05, 4.69) is 17.0 Å². The first-order valence-corrected chi connectivity index (χ1v) is 6.73. The van der Waals surface area contributed by atoms with E-state index in [1.165, 1.54) is 0 Å². The van der Waals surface area contributed by atoms with E-state index in [4.69, 9.17) is 28.4 Å². The minimum Gasteiger partial charge on any atom is -0.411 e. The Kier molecular flexibility index (Phi) is 4.49. The zero-order valence-electron chi connectivity index (χ0n) is 10.2. The Morgan fingerprint density at radius 3 is 2.89 bits per heavy atom. The van der Waals surface area contributed by atoms with Gasteiger partial charge in [0.1, 0.15) is 0 Å². The van der Waals surface area contributed by atoms with Crippen LogP contribution in [0.2, 0.25) is 10.0 Å². The van der Waals surface area contributed by atoms with Gasteiger partial charge in [0, 0.05) is 32.0 Å². The summed E-state index contributed by atoms with van der Waals surface area (Å²) in [5.74, 6) is 0.279. The molecule has 98 valence electrons. The third-order valence-corrected chi connectivity index (χ3v) is 4.20. The summed E-state index contributed by atoms with van der Waals surface area (Å²) in [7, 11) is 0. The molecular weight excluding hydrogens is 271 g/mol. The van der Waals surface area contributed by atoms with Gasteiger partial charge in [-0.3, -0.25) is 4.90 Å². The molecule has 1 fully saturated rings. The second-order valence-electron chi connectivity index (χ2n) is 4.69. The van der Waals surface area contributed by atoms with Crippen molar-refractivity contribution in [1.29, 1.82) is 0 Å². The van der Waals surface area contributed by atoms with Gasteiger partial charge in [0.25, 0.3) is 0 Å². The van der Waals surface area contributed by atoms with E-state index in [0.29, 0.717) is 10.0 Å². The summed E-state index contributed by atoms with van der Waals surface area (Å²) in [6, 6.07) is 5.70. The first-order chi connectivity index (χ1) is 8.61. The smallest absolute Gasteiger partial charge is 0.0637 e. The minimum atomic E-state index is 0.279. The van der Waals surface area contributed by atoms with Crippen molar-refractivity contribution >= 4 is 28.9 Å². The lowest BCUT2D eigenvalue weighted by Crippen LogP contribution is -2.39.